The van der Waals surface area contributed by atoms with Gasteiger partial charge < -0.3 is 9.88 Å². The number of pyridine rings is 1. The Bertz CT molecular complexity index is 883. The molecule has 0 bridgehead atoms. The Kier molecular flexibility index (Phi) is 3.86. The molecule has 4 nitrogen and oxygen atoms in total. The van der Waals surface area contributed by atoms with Gasteiger partial charge in [-0.05, 0) is 50.2 Å². The number of carbonyl (C=O) groups excluding carboxylic acids is 1. The lowest BCUT2D eigenvalue weighted by Crippen LogP contribution is -2.30. The largest absolute Gasteiger partial charge is 0.350 e. The summed E-state index contributed by atoms with van der Waals surface area (Å²) in [6.45, 7) is 3.78. The molecule has 118 valence electrons. The molecule has 2 heterocycles. The number of aryl methyl sites for hydroxylation is 1. The molecule has 0 atom stereocenters. The molecule has 1 amide bonds. The highest BCUT2D eigenvalue weighted by Crippen LogP contribution is 2.25. The van der Waals surface area contributed by atoms with Crippen molar-refractivity contribution in [3.05, 3.63) is 54.0 Å². The summed E-state index contributed by atoms with van der Waals surface area (Å²) in [6, 6.07) is 9.87. The molecule has 0 fully saturated rings. The van der Waals surface area contributed by atoms with Gasteiger partial charge in [-0.15, -0.1) is 0 Å². The van der Waals surface area contributed by atoms with Crippen LogP contribution in [0, 0.1) is 5.82 Å². The Morgan fingerprint density at radius 2 is 2.04 bits per heavy atom. The van der Waals surface area contributed by atoms with E-state index < -0.39 is 0 Å². The zero-order valence-corrected chi connectivity index (χ0v) is 13.3. The number of carbonyl (C=O) groups is 1. The Morgan fingerprint density at radius 1 is 1.26 bits per heavy atom. The number of hydrogen-bond acceptors (Lipinski definition) is 2. The maximum Gasteiger partial charge on any atom is 0.252 e. The van der Waals surface area contributed by atoms with Crippen molar-refractivity contribution in [3.63, 3.8) is 0 Å². The quantitative estimate of drug-likeness (QED) is 0.804. The molecule has 3 rings (SSSR count). The van der Waals surface area contributed by atoms with Gasteiger partial charge in [0.2, 0.25) is 0 Å². The monoisotopic (exact) mass is 311 g/mol. The first kappa shape index (κ1) is 15.2. The summed E-state index contributed by atoms with van der Waals surface area (Å²) in [7, 11) is 1.92. The van der Waals surface area contributed by atoms with Crippen molar-refractivity contribution >= 4 is 16.8 Å². The molecule has 0 aliphatic rings. The van der Waals surface area contributed by atoms with Gasteiger partial charge in [0.15, 0.2) is 0 Å². The van der Waals surface area contributed by atoms with Gasteiger partial charge in [-0.1, -0.05) is 0 Å². The van der Waals surface area contributed by atoms with Crippen molar-refractivity contribution in [2.24, 2.45) is 7.05 Å². The van der Waals surface area contributed by atoms with E-state index in [1.807, 2.05) is 43.8 Å². The second-order valence-corrected chi connectivity index (χ2v) is 5.85. The number of halogens is 1. The molecular formula is C18H18FN3O. The fourth-order valence-corrected chi connectivity index (χ4v) is 2.58. The molecule has 1 aromatic carbocycles. The fourth-order valence-electron chi connectivity index (χ4n) is 2.58. The third-order valence-electron chi connectivity index (χ3n) is 3.64. The molecule has 3 aromatic rings. The minimum Gasteiger partial charge on any atom is -0.350 e. The van der Waals surface area contributed by atoms with E-state index in [0.717, 1.165) is 5.69 Å². The van der Waals surface area contributed by atoms with Crippen LogP contribution in [0.4, 0.5) is 4.39 Å². The Hall–Kier alpha value is -2.69. The van der Waals surface area contributed by atoms with E-state index in [9.17, 15) is 9.18 Å². The van der Waals surface area contributed by atoms with Gasteiger partial charge in [0.1, 0.15) is 5.82 Å². The smallest absolute Gasteiger partial charge is 0.252 e. The van der Waals surface area contributed by atoms with Gasteiger partial charge in [0.05, 0.1) is 22.5 Å². The van der Waals surface area contributed by atoms with Crippen molar-refractivity contribution in [1.29, 1.82) is 0 Å². The summed E-state index contributed by atoms with van der Waals surface area (Å²) < 4.78 is 15.5. The van der Waals surface area contributed by atoms with Crippen molar-refractivity contribution in [1.82, 2.24) is 14.9 Å². The van der Waals surface area contributed by atoms with E-state index >= 15 is 0 Å². The van der Waals surface area contributed by atoms with Crippen LogP contribution in [0.2, 0.25) is 0 Å². The number of amides is 1. The molecule has 2 aromatic heterocycles. The highest BCUT2D eigenvalue weighted by molar-refractivity contribution is 6.07. The summed E-state index contributed by atoms with van der Waals surface area (Å²) in [5, 5.41) is 3.38. The van der Waals surface area contributed by atoms with E-state index in [4.69, 9.17) is 0 Å². The Morgan fingerprint density at radius 3 is 2.70 bits per heavy atom. The Balaban J connectivity index is 2.24. The van der Waals surface area contributed by atoms with Crippen LogP contribution >= 0.6 is 0 Å². The van der Waals surface area contributed by atoms with Gasteiger partial charge in [-0.3, -0.25) is 4.79 Å². The number of nitrogens with zero attached hydrogens (tertiary/aromatic N) is 2. The molecule has 1 N–H and O–H groups in total. The number of aromatic nitrogens is 2. The number of fused-ring (bicyclic) bond motifs is 1. The predicted molar refractivity (Wildman–Crippen MR) is 88.7 cm³/mol. The normalized spacial score (nSPS) is 11.2. The number of benzene rings is 1. The van der Waals surface area contributed by atoms with Crippen LogP contribution in [-0.4, -0.2) is 21.5 Å². The lowest BCUT2D eigenvalue weighted by Gasteiger charge is -2.13. The maximum absolute atomic E-state index is 13.6. The summed E-state index contributed by atoms with van der Waals surface area (Å²) in [5.74, 6) is -0.613. The molecule has 5 heteroatoms. The highest BCUT2D eigenvalue weighted by Gasteiger charge is 2.16. The minimum absolute atomic E-state index is 0.00207. The first-order valence-electron chi connectivity index (χ1n) is 7.48. The number of nitrogens with one attached hydrogen (secondary N) is 1. The van der Waals surface area contributed by atoms with Gasteiger partial charge in [-0.25, -0.2) is 9.37 Å². The molecule has 0 saturated heterocycles. The standard InChI is InChI=1S/C18H18FN3O/c1-11(2)20-18(23)14-10-16(17-5-4-8-22(17)3)21-15-7-6-12(19)9-13(14)15/h4-11H,1-3H3,(H,20,23). The molecule has 0 spiro atoms. The van der Waals surface area contributed by atoms with E-state index in [-0.39, 0.29) is 17.8 Å². The zero-order chi connectivity index (χ0) is 16.6. The Labute approximate surface area is 134 Å². The average molecular weight is 311 g/mol. The van der Waals surface area contributed by atoms with Crippen LogP contribution in [0.1, 0.15) is 24.2 Å². The highest BCUT2D eigenvalue weighted by atomic mass is 19.1. The predicted octanol–water partition coefficient (Wildman–Crippen LogP) is 3.52. The minimum atomic E-state index is -0.385. The van der Waals surface area contributed by atoms with Crippen molar-refractivity contribution < 1.29 is 9.18 Å². The van der Waals surface area contributed by atoms with Crippen molar-refractivity contribution in [2.75, 3.05) is 0 Å². The van der Waals surface area contributed by atoms with Crippen LogP contribution in [-0.2, 0) is 7.05 Å². The van der Waals surface area contributed by atoms with Crippen LogP contribution < -0.4 is 5.32 Å². The van der Waals surface area contributed by atoms with Crippen molar-refractivity contribution in [2.45, 2.75) is 19.9 Å². The molecular weight excluding hydrogens is 293 g/mol. The van der Waals surface area contributed by atoms with Gasteiger partial charge in [0.25, 0.3) is 5.91 Å². The number of hydrogen-bond donors (Lipinski definition) is 1. The fraction of sp³-hybridized carbons (Fsp3) is 0.222. The summed E-state index contributed by atoms with van der Waals surface area (Å²) >= 11 is 0. The topological polar surface area (TPSA) is 46.9 Å². The van der Waals surface area contributed by atoms with Crippen LogP contribution in [0.25, 0.3) is 22.3 Å². The van der Waals surface area contributed by atoms with E-state index in [2.05, 4.69) is 10.3 Å². The number of rotatable bonds is 3. The van der Waals surface area contributed by atoms with Gasteiger partial charge in [-0.2, -0.15) is 0 Å². The molecule has 0 radical (unpaired) electrons. The van der Waals surface area contributed by atoms with Crippen LogP contribution in [0.5, 0.6) is 0 Å². The second-order valence-electron chi connectivity index (χ2n) is 5.85. The molecule has 23 heavy (non-hydrogen) atoms. The van der Waals surface area contributed by atoms with Crippen molar-refractivity contribution in [3.8, 4) is 11.4 Å². The third kappa shape index (κ3) is 2.95. The first-order valence-corrected chi connectivity index (χ1v) is 7.48. The summed E-state index contributed by atoms with van der Waals surface area (Å²) in [6.07, 6.45) is 1.92. The zero-order valence-electron chi connectivity index (χ0n) is 13.3. The van der Waals surface area contributed by atoms with E-state index in [1.54, 1.807) is 12.1 Å². The lowest BCUT2D eigenvalue weighted by atomic mass is 10.1. The molecule has 0 aliphatic carbocycles. The average Bonchev–Trinajstić information content (AvgIpc) is 2.91. The van der Waals surface area contributed by atoms with Crippen LogP contribution in [0.3, 0.4) is 0 Å². The third-order valence-corrected chi connectivity index (χ3v) is 3.64. The summed E-state index contributed by atoms with van der Waals surface area (Å²) in [5.41, 5.74) is 2.61. The van der Waals surface area contributed by atoms with E-state index in [1.165, 1.54) is 12.1 Å². The first-order chi connectivity index (χ1) is 11.0. The maximum atomic E-state index is 13.6. The summed E-state index contributed by atoms with van der Waals surface area (Å²) in [4.78, 5) is 17.1. The van der Waals surface area contributed by atoms with Crippen LogP contribution in [0.15, 0.2) is 42.6 Å². The van der Waals surface area contributed by atoms with E-state index in [0.29, 0.717) is 22.2 Å². The van der Waals surface area contributed by atoms with Gasteiger partial charge >= 0.3 is 0 Å². The van der Waals surface area contributed by atoms with Gasteiger partial charge in [0, 0.05) is 24.7 Å². The lowest BCUT2D eigenvalue weighted by molar-refractivity contribution is 0.0945. The SMILES string of the molecule is CC(C)NC(=O)c1cc(-c2cccn2C)nc2ccc(F)cc12. The second kappa shape index (κ2) is 5.83. The molecule has 0 aliphatic heterocycles. The molecule has 0 saturated carbocycles. The molecule has 0 unspecified atom stereocenters.